The molecule has 0 aromatic heterocycles. The molecule has 0 spiro atoms. The maximum absolute atomic E-state index is 3.42. The highest BCUT2D eigenvalue weighted by atomic mass is 14.9. The average Bonchev–Trinajstić information content (AvgIpc) is 2.33. The Morgan fingerprint density at radius 1 is 1.11 bits per heavy atom. The van der Waals surface area contributed by atoms with Crippen LogP contribution in [0.3, 0.4) is 0 Å². The van der Waals surface area contributed by atoms with Gasteiger partial charge in [0.25, 0.3) is 0 Å². The van der Waals surface area contributed by atoms with Crippen molar-refractivity contribution in [3.8, 4) is 0 Å². The van der Waals surface area contributed by atoms with Gasteiger partial charge < -0.3 is 5.32 Å². The smallest absolute Gasteiger partial charge is 0.00174 e. The van der Waals surface area contributed by atoms with E-state index in [9.17, 15) is 0 Å². The first-order chi connectivity index (χ1) is 4.38. The molecule has 0 bridgehead atoms. The fraction of sp³-hybridized carbons (Fsp3) is 1.00. The second-order valence-electron chi connectivity index (χ2n) is 2.99. The van der Waals surface area contributed by atoms with Gasteiger partial charge in [-0.2, -0.15) is 0 Å². The van der Waals surface area contributed by atoms with Gasteiger partial charge in [-0.3, -0.25) is 0 Å². The lowest BCUT2D eigenvalue weighted by atomic mass is 9.92. The van der Waals surface area contributed by atoms with Crippen LogP contribution in [0.4, 0.5) is 0 Å². The van der Waals surface area contributed by atoms with Crippen molar-refractivity contribution >= 4 is 0 Å². The minimum Gasteiger partial charge on any atom is -0.316 e. The first-order valence-corrected chi connectivity index (χ1v) is 4.09. The Balaban J connectivity index is 2.32. The second-order valence-corrected chi connectivity index (χ2v) is 2.99. The summed E-state index contributed by atoms with van der Waals surface area (Å²) in [4.78, 5) is 0. The summed E-state index contributed by atoms with van der Waals surface area (Å²) in [5.41, 5.74) is 0. The summed E-state index contributed by atoms with van der Waals surface area (Å²) >= 11 is 0. The van der Waals surface area contributed by atoms with Crippen molar-refractivity contribution < 1.29 is 0 Å². The van der Waals surface area contributed by atoms with Crippen LogP contribution in [0.2, 0.25) is 0 Å². The van der Waals surface area contributed by atoms with Crippen LogP contribution >= 0.6 is 0 Å². The second kappa shape index (κ2) is 3.21. The van der Waals surface area contributed by atoms with E-state index in [0.29, 0.717) is 0 Å². The Labute approximate surface area is 57.8 Å². The summed E-state index contributed by atoms with van der Waals surface area (Å²) in [5.74, 6) is 1.94. The SMILES string of the molecule is CC[C@@H]1CNC[C@@H]1CC. The zero-order valence-electron chi connectivity index (χ0n) is 6.48. The van der Waals surface area contributed by atoms with Crippen LogP contribution < -0.4 is 5.32 Å². The Morgan fingerprint density at radius 3 is 1.89 bits per heavy atom. The molecule has 1 aliphatic heterocycles. The van der Waals surface area contributed by atoms with Gasteiger partial charge in [-0.25, -0.2) is 0 Å². The number of hydrogen-bond acceptors (Lipinski definition) is 1. The van der Waals surface area contributed by atoms with Gasteiger partial charge in [-0.15, -0.1) is 0 Å². The monoisotopic (exact) mass is 127 g/mol. The lowest BCUT2D eigenvalue weighted by molar-refractivity contribution is 0.397. The molecule has 0 unspecified atom stereocenters. The van der Waals surface area contributed by atoms with E-state index in [1.165, 1.54) is 25.9 Å². The predicted octanol–water partition coefficient (Wildman–Crippen LogP) is 1.64. The molecule has 0 aromatic rings. The van der Waals surface area contributed by atoms with Gasteiger partial charge >= 0.3 is 0 Å². The molecule has 0 aliphatic carbocycles. The van der Waals surface area contributed by atoms with E-state index in [-0.39, 0.29) is 0 Å². The van der Waals surface area contributed by atoms with Crippen molar-refractivity contribution in [1.29, 1.82) is 0 Å². The van der Waals surface area contributed by atoms with E-state index in [1.54, 1.807) is 0 Å². The van der Waals surface area contributed by atoms with Crippen molar-refractivity contribution in [3.05, 3.63) is 0 Å². The minimum atomic E-state index is 0.968. The van der Waals surface area contributed by atoms with Gasteiger partial charge in [-0.1, -0.05) is 26.7 Å². The molecule has 0 radical (unpaired) electrons. The quantitative estimate of drug-likeness (QED) is 0.594. The number of hydrogen-bond donors (Lipinski definition) is 1. The fourth-order valence-electron chi connectivity index (χ4n) is 1.74. The first kappa shape index (κ1) is 7.07. The predicted molar refractivity (Wildman–Crippen MR) is 40.4 cm³/mol. The standard InChI is InChI=1S/C8H17N/c1-3-7-5-9-6-8(7)4-2/h7-9H,3-6H2,1-2H3/t7-,8+. The van der Waals surface area contributed by atoms with Gasteiger partial charge in [0, 0.05) is 0 Å². The molecule has 0 aromatic carbocycles. The first-order valence-electron chi connectivity index (χ1n) is 4.09. The summed E-state index contributed by atoms with van der Waals surface area (Å²) in [5, 5.41) is 3.42. The summed E-state index contributed by atoms with van der Waals surface area (Å²) < 4.78 is 0. The average molecular weight is 127 g/mol. The lowest BCUT2D eigenvalue weighted by Gasteiger charge is -2.12. The van der Waals surface area contributed by atoms with Crippen molar-refractivity contribution in [2.24, 2.45) is 11.8 Å². The Morgan fingerprint density at radius 2 is 1.56 bits per heavy atom. The molecule has 1 aliphatic rings. The van der Waals surface area contributed by atoms with E-state index in [1.807, 2.05) is 0 Å². The van der Waals surface area contributed by atoms with Crippen LogP contribution in [0, 0.1) is 11.8 Å². The fourth-order valence-corrected chi connectivity index (χ4v) is 1.74. The van der Waals surface area contributed by atoms with Crippen molar-refractivity contribution in [3.63, 3.8) is 0 Å². The van der Waals surface area contributed by atoms with Crippen molar-refractivity contribution in [2.45, 2.75) is 26.7 Å². The Hall–Kier alpha value is -0.0400. The topological polar surface area (TPSA) is 12.0 Å². The molecule has 1 fully saturated rings. The number of rotatable bonds is 2. The molecule has 1 heterocycles. The van der Waals surface area contributed by atoms with E-state index >= 15 is 0 Å². The molecular formula is C8H17N. The van der Waals surface area contributed by atoms with Gasteiger partial charge in [0.1, 0.15) is 0 Å². The van der Waals surface area contributed by atoms with Gasteiger partial charge in [0.2, 0.25) is 0 Å². The third-order valence-corrected chi connectivity index (χ3v) is 2.53. The highest BCUT2D eigenvalue weighted by Crippen LogP contribution is 2.21. The molecule has 1 N–H and O–H groups in total. The van der Waals surface area contributed by atoms with Crippen LogP contribution in [-0.2, 0) is 0 Å². The van der Waals surface area contributed by atoms with Crippen LogP contribution in [0.25, 0.3) is 0 Å². The van der Waals surface area contributed by atoms with Crippen LogP contribution in [0.1, 0.15) is 26.7 Å². The maximum atomic E-state index is 3.42. The lowest BCUT2D eigenvalue weighted by Crippen LogP contribution is -2.09. The molecular weight excluding hydrogens is 110 g/mol. The van der Waals surface area contributed by atoms with E-state index < -0.39 is 0 Å². The zero-order valence-corrected chi connectivity index (χ0v) is 6.48. The highest BCUT2D eigenvalue weighted by molar-refractivity contribution is 4.78. The van der Waals surface area contributed by atoms with E-state index in [4.69, 9.17) is 0 Å². The molecule has 9 heavy (non-hydrogen) atoms. The zero-order chi connectivity index (χ0) is 6.69. The van der Waals surface area contributed by atoms with Crippen molar-refractivity contribution in [1.82, 2.24) is 5.32 Å². The summed E-state index contributed by atoms with van der Waals surface area (Å²) in [7, 11) is 0. The normalized spacial score (nSPS) is 35.3. The largest absolute Gasteiger partial charge is 0.316 e. The maximum Gasteiger partial charge on any atom is -0.00174 e. The molecule has 1 saturated heterocycles. The molecule has 54 valence electrons. The van der Waals surface area contributed by atoms with Crippen molar-refractivity contribution in [2.75, 3.05) is 13.1 Å². The van der Waals surface area contributed by atoms with Gasteiger partial charge in [0.15, 0.2) is 0 Å². The summed E-state index contributed by atoms with van der Waals surface area (Å²) in [6.45, 7) is 7.10. The number of nitrogens with one attached hydrogen (secondary N) is 1. The highest BCUT2D eigenvalue weighted by Gasteiger charge is 2.22. The van der Waals surface area contributed by atoms with Gasteiger partial charge in [0.05, 0.1) is 0 Å². The minimum absolute atomic E-state index is 0.968. The summed E-state index contributed by atoms with van der Waals surface area (Å²) in [6.07, 6.45) is 2.71. The molecule has 2 atom stereocenters. The van der Waals surface area contributed by atoms with E-state index in [2.05, 4.69) is 19.2 Å². The third kappa shape index (κ3) is 1.45. The molecule has 1 rings (SSSR count). The Kier molecular flexibility index (Phi) is 2.52. The molecule has 1 heteroatoms. The molecule has 0 saturated carbocycles. The van der Waals surface area contributed by atoms with E-state index in [0.717, 1.165) is 11.8 Å². The van der Waals surface area contributed by atoms with Crippen LogP contribution in [0.15, 0.2) is 0 Å². The molecule has 0 amide bonds. The third-order valence-electron chi connectivity index (χ3n) is 2.53. The van der Waals surface area contributed by atoms with Crippen LogP contribution in [0.5, 0.6) is 0 Å². The molecule has 1 nitrogen and oxygen atoms in total. The van der Waals surface area contributed by atoms with Crippen LogP contribution in [-0.4, -0.2) is 13.1 Å². The Bertz CT molecular complexity index is 70.6. The summed E-state index contributed by atoms with van der Waals surface area (Å²) in [6, 6.07) is 0. The van der Waals surface area contributed by atoms with Gasteiger partial charge in [-0.05, 0) is 24.9 Å².